The number of ether oxygens (including phenoxy) is 2. The van der Waals surface area contributed by atoms with Gasteiger partial charge in [0.05, 0.1) is 18.5 Å². The summed E-state index contributed by atoms with van der Waals surface area (Å²) in [7, 11) is 1.59. The summed E-state index contributed by atoms with van der Waals surface area (Å²) in [6.07, 6.45) is 2.56. The number of carbonyl (C=O) groups is 1. The number of rotatable bonds is 9. The molecular formula is C26H32N4O3S. The van der Waals surface area contributed by atoms with Crippen molar-refractivity contribution in [3.05, 3.63) is 52.9 Å². The Morgan fingerprint density at radius 3 is 2.65 bits per heavy atom. The van der Waals surface area contributed by atoms with E-state index in [4.69, 9.17) is 20.2 Å². The SMILES string of the molecule is COc1cc(C)c(C(N)=O)cc1Nc1nc(-c2ccc(OCCN3CCC(C)CC3)cc2)cs1. The fourth-order valence-corrected chi connectivity index (χ4v) is 4.82. The van der Waals surface area contributed by atoms with Gasteiger partial charge in [0.25, 0.3) is 0 Å². The number of primary amides is 1. The average molecular weight is 481 g/mol. The van der Waals surface area contributed by atoms with Crippen LogP contribution in [0.15, 0.2) is 41.8 Å². The van der Waals surface area contributed by atoms with Crippen LogP contribution in [0, 0.1) is 12.8 Å². The van der Waals surface area contributed by atoms with E-state index in [1.165, 1.54) is 37.3 Å². The summed E-state index contributed by atoms with van der Waals surface area (Å²) >= 11 is 1.48. The fraction of sp³-hybridized carbons (Fsp3) is 0.385. The zero-order valence-corrected chi connectivity index (χ0v) is 20.8. The molecular weight excluding hydrogens is 448 g/mol. The molecule has 1 saturated heterocycles. The number of aryl methyl sites for hydroxylation is 1. The lowest BCUT2D eigenvalue weighted by Gasteiger charge is -2.29. The molecule has 2 heterocycles. The smallest absolute Gasteiger partial charge is 0.249 e. The number of carbonyl (C=O) groups excluding carboxylic acids is 1. The molecule has 0 aliphatic carbocycles. The van der Waals surface area contributed by atoms with Crippen molar-refractivity contribution < 1.29 is 14.3 Å². The van der Waals surface area contributed by atoms with Crippen molar-refractivity contribution in [1.82, 2.24) is 9.88 Å². The van der Waals surface area contributed by atoms with Crippen LogP contribution in [0.5, 0.6) is 11.5 Å². The summed E-state index contributed by atoms with van der Waals surface area (Å²) in [5.41, 5.74) is 9.24. The third-order valence-corrected chi connectivity index (χ3v) is 7.02. The van der Waals surface area contributed by atoms with Crippen molar-refractivity contribution in [2.45, 2.75) is 26.7 Å². The van der Waals surface area contributed by atoms with E-state index in [-0.39, 0.29) is 0 Å². The minimum Gasteiger partial charge on any atom is -0.495 e. The van der Waals surface area contributed by atoms with Gasteiger partial charge in [0.1, 0.15) is 18.1 Å². The van der Waals surface area contributed by atoms with Gasteiger partial charge in [-0.05, 0) is 80.7 Å². The van der Waals surface area contributed by atoms with Crippen LogP contribution in [-0.2, 0) is 0 Å². The van der Waals surface area contributed by atoms with Crippen molar-refractivity contribution >= 4 is 28.1 Å². The maximum atomic E-state index is 11.7. The molecule has 4 rings (SSSR count). The molecule has 0 bridgehead atoms. The monoisotopic (exact) mass is 480 g/mol. The van der Waals surface area contributed by atoms with Crippen LogP contribution >= 0.6 is 11.3 Å². The number of nitrogens with one attached hydrogen (secondary N) is 1. The number of anilines is 2. The summed E-state index contributed by atoms with van der Waals surface area (Å²) in [6.45, 7) is 8.16. The Morgan fingerprint density at radius 2 is 1.97 bits per heavy atom. The minimum absolute atomic E-state index is 0.450. The second-order valence-corrected chi connectivity index (χ2v) is 9.65. The Morgan fingerprint density at radius 1 is 1.24 bits per heavy atom. The van der Waals surface area contributed by atoms with Gasteiger partial charge in [-0.25, -0.2) is 4.98 Å². The Kier molecular flexibility index (Phi) is 7.70. The molecule has 1 aliphatic rings. The highest BCUT2D eigenvalue weighted by atomic mass is 32.1. The van der Waals surface area contributed by atoms with E-state index in [9.17, 15) is 4.79 Å². The first-order valence-electron chi connectivity index (χ1n) is 11.6. The van der Waals surface area contributed by atoms with Crippen molar-refractivity contribution in [1.29, 1.82) is 0 Å². The predicted molar refractivity (Wildman–Crippen MR) is 137 cm³/mol. The largest absolute Gasteiger partial charge is 0.495 e. The number of methoxy groups -OCH3 is 1. The molecule has 1 fully saturated rings. The molecule has 3 aromatic rings. The van der Waals surface area contributed by atoms with E-state index >= 15 is 0 Å². The van der Waals surface area contributed by atoms with Crippen LogP contribution in [-0.4, -0.2) is 49.1 Å². The number of hydrogen-bond acceptors (Lipinski definition) is 7. The van der Waals surface area contributed by atoms with Crippen LogP contribution in [0.3, 0.4) is 0 Å². The van der Waals surface area contributed by atoms with Gasteiger partial charge in [0.15, 0.2) is 5.13 Å². The standard InChI is InChI=1S/C26H32N4O3S/c1-17-8-10-30(11-9-17)12-13-33-20-6-4-19(5-7-20)23-16-34-26(29-23)28-22-15-21(25(27)31)18(2)14-24(22)32-3/h4-7,14-17H,8-13H2,1-3H3,(H2,27,31)(H,28,29). The number of nitrogens with zero attached hydrogens (tertiary/aromatic N) is 2. The first-order valence-corrected chi connectivity index (χ1v) is 12.5. The van der Waals surface area contributed by atoms with E-state index in [2.05, 4.69) is 17.1 Å². The predicted octanol–water partition coefficient (Wildman–Crippen LogP) is 5.08. The molecule has 7 nitrogen and oxygen atoms in total. The molecule has 8 heteroatoms. The van der Waals surface area contributed by atoms with Crippen LogP contribution < -0.4 is 20.5 Å². The summed E-state index contributed by atoms with van der Waals surface area (Å²) in [5.74, 6) is 1.86. The highest BCUT2D eigenvalue weighted by Crippen LogP contribution is 2.34. The van der Waals surface area contributed by atoms with Gasteiger partial charge < -0.3 is 20.5 Å². The van der Waals surface area contributed by atoms with Crippen LogP contribution in [0.4, 0.5) is 10.8 Å². The summed E-state index contributed by atoms with van der Waals surface area (Å²) < 4.78 is 11.4. The zero-order valence-electron chi connectivity index (χ0n) is 20.0. The molecule has 1 aromatic heterocycles. The number of likely N-dealkylation sites (tertiary alicyclic amines) is 1. The number of thiazole rings is 1. The van der Waals surface area contributed by atoms with Crippen molar-refractivity contribution in [3.8, 4) is 22.8 Å². The minimum atomic E-state index is -0.476. The van der Waals surface area contributed by atoms with E-state index < -0.39 is 5.91 Å². The molecule has 1 amide bonds. The van der Waals surface area contributed by atoms with E-state index in [1.807, 2.05) is 36.6 Å². The van der Waals surface area contributed by atoms with Gasteiger partial charge in [0.2, 0.25) is 5.91 Å². The quantitative estimate of drug-likeness (QED) is 0.444. The highest BCUT2D eigenvalue weighted by Gasteiger charge is 2.16. The van der Waals surface area contributed by atoms with Gasteiger partial charge in [-0.3, -0.25) is 9.69 Å². The van der Waals surface area contributed by atoms with Gasteiger partial charge in [-0.2, -0.15) is 0 Å². The summed E-state index contributed by atoms with van der Waals surface area (Å²) in [5, 5.41) is 5.94. The molecule has 0 unspecified atom stereocenters. The Bertz CT molecular complexity index is 1120. The van der Waals surface area contributed by atoms with E-state index in [0.717, 1.165) is 35.0 Å². The van der Waals surface area contributed by atoms with Gasteiger partial charge >= 0.3 is 0 Å². The molecule has 34 heavy (non-hydrogen) atoms. The van der Waals surface area contributed by atoms with Gasteiger partial charge in [-0.1, -0.05) is 6.92 Å². The topological polar surface area (TPSA) is 89.7 Å². The highest BCUT2D eigenvalue weighted by molar-refractivity contribution is 7.14. The summed E-state index contributed by atoms with van der Waals surface area (Å²) in [6, 6.07) is 11.5. The number of piperidine rings is 1. The molecule has 0 saturated carbocycles. The molecule has 0 atom stereocenters. The second kappa shape index (κ2) is 10.9. The first kappa shape index (κ1) is 24.0. The van der Waals surface area contributed by atoms with Gasteiger partial charge in [0, 0.05) is 23.1 Å². The maximum absolute atomic E-state index is 11.7. The first-order chi connectivity index (χ1) is 16.4. The fourth-order valence-electron chi connectivity index (χ4n) is 4.09. The van der Waals surface area contributed by atoms with E-state index in [1.54, 1.807) is 19.2 Å². The Balaban J connectivity index is 1.37. The van der Waals surface area contributed by atoms with Crippen LogP contribution in [0.25, 0.3) is 11.3 Å². The number of aromatic nitrogens is 1. The number of amides is 1. The number of benzene rings is 2. The molecule has 1 aliphatic heterocycles. The van der Waals surface area contributed by atoms with Crippen molar-refractivity contribution in [3.63, 3.8) is 0 Å². The number of nitrogens with two attached hydrogens (primary N) is 1. The average Bonchev–Trinajstić information content (AvgIpc) is 3.30. The summed E-state index contributed by atoms with van der Waals surface area (Å²) in [4.78, 5) is 18.9. The van der Waals surface area contributed by atoms with Crippen LogP contribution in [0.1, 0.15) is 35.7 Å². The van der Waals surface area contributed by atoms with Crippen molar-refractivity contribution in [2.75, 3.05) is 38.7 Å². The molecule has 0 radical (unpaired) electrons. The second-order valence-electron chi connectivity index (χ2n) is 8.79. The Hall–Kier alpha value is -3.10. The lowest BCUT2D eigenvalue weighted by molar-refractivity contribution is 0.0999. The molecule has 2 aromatic carbocycles. The third-order valence-electron chi connectivity index (χ3n) is 6.26. The molecule has 0 spiro atoms. The normalized spacial score (nSPS) is 14.7. The van der Waals surface area contributed by atoms with E-state index in [0.29, 0.717) is 28.7 Å². The molecule has 180 valence electrons. The van der Waals surface area contributed by atoms with Gasteiger partial charge in [-0.15, -0.1) is 11.3 Å². The zero-order chi connectivity index (χ0) is 24.1. The lowest BCUT2D eigenvalue weighted by atomic mass is 9.99. The van der Waals surface area contributed by atoms with Crippen LogP contribution in [0.2, 0.25) is 0 Å². The number of hydrogen-bond donors (Lipinski definition) is 2. The maximum Gasteiger partial charge on any atom is 0.249 e. The molecule has 3 N–H and O–H groups in total. The third kappa shape index (κ3) is 5.87. The Labute approximate surface area is 204 Å². The van der Waals surface area contributed by atoms with Crippen molar-refractivity contribution in [2.24, 2.45) is 11.7 Å². The lowest BCUT2D eigenvalue weighted by Crippen LogP contribution is -2.35.